The predicted molar refractivity (Wildman–Crippen MR) is 157 cm³/mol. The van der Waals surface area contributed by atoms with E-state index in [4.69, 9.17) is 30.0 Å². The lowest BCUT2D eigenvalue weighted by atomic mass is 9.48. The van der Waals surface area contributed by atoms with E-state index >= 15 is 0 Å². The normalized spacial score (nSPS) is 15.4. The zero-order valence-electron chi connectivity index (χ0n) is 22.6. The lowest BCUT2D eigenvalue weighted by Gasteiger charge is -2.43. The van der Waals surface area contributed by atoms with Gasteiger partial charge in [-0.3, -0.25) is 19.8 Å². The first-order valence-electron chi connectivity index (χ1n) is 13.2. The highest BCUT2D eigenvalue weighted by Gasteiger charge is 2.31. The smallest absolute Gasteiger partial charge is 0.328 e. The molecule has 2 aliphatic rings. The minimum Gasteiger partial charge on any atom is -0.384 e. The van der Waals surface area contributed by atoms with Crippen LogP contribution >= 0.6 is 0 Å². The first-order valence-corrected chi connectivity index (χ1v) is 13.2. The van der Waals surface area contributed by atoms with Crippen molar-refractivity contribution in [3.05, 3.63) is 40.7 Å². The Morgan fingerprint density at radius 3 is 2.73 bits per heavy atom. The van der Waals surface area contributed by atoms with Gasteiger partial charge in [-0.2, -0.15) is 5.26 Å². The molecule has 2 aromatic heterocycles. The fourth-order valence-corrected chi connectivity index (χ4v) is 4.75. The van der Waals surface area contributed by atoms with Gasteiger partial charge in [0.2, 0.25) is 5.91 Å². The molecule has 1 saturated heterocycles. The zero-order chi connectivity index (χ0) is 29.6. The first-order chi connectivity index (χ1) is 19.6. The second-order valence-electron chi connectivity index (χ2n) is 9.90. The molecule has 2 N–H and O–H groups in total. The van der Waals surface area contributed by atoms with Gasteiger partial charge in [0.25, 0.3) is 0 Å². The predicted octanol–water partition coefficient (Wildman–Crippen LogP) is 0.732. The number of rotatable bonds is 9. The van der Waals surface area contributed by atoms with Crippen LogP contribution in [0.4, 0.5) is 22.1 Å². The summed E-state index contributed by atoms with van der Waals surface area (Å²) < 4.78 is 0. The van der Waals surface area contributed by atoms with Crippen LogP contribution in [0.15, 0.2) is 18.3 Å². The molecule has 202 valence electrons. The molecular formula is C27H27B3N8O3. The first kappa shape index (κ1) is 29.7. The van der Waals surface area contributed by atoms with Crippen LogP contribution in [0.25, 0.3) is 0 Å². The van der Waals surface area contributed by atoms with Crippen LogP contribution in [0, 0.1) is 23.7 Å². The number of hydrogen-bond donors (Lipinski definition) is 2. The number of aryl methyl sites for hydroxylation is 1. The lowest BCUT2D eigenvalue weighted by molar-refractivity contribution is -0.136. The largest absolute Gasteiger partial charge is 0.384 e. The van der Waals surface area contributed by atoms with Gasteiger partial charge in [0.15, 0.2) is 6.29 Å². The molecule has 0 bridgehead atoms. The van der Waals surface area contributed by atoms with Gasteiger partial charge < -0.3 is 15.1 Å². The van der Waals surface area contributed by atoms with E-state index in [9.17, 15) is 19.6 Å². The van der Waals surface area contributed by atoms with Gasteiger partial charge in [0.05, 0.1) is 41.3 Å². The summed E-state index contributed by atoms with van der Waals surface area (Å²) in [5.41, 5.74) is 2.37. The number of fused-ring (bicyclic) bond motifs is 1. The van der Waals surface area contributed by atoms with Crippen LogP contribution in [0.2, 0.25) is 0 Å². The quantitative estimate of drug-likeness (QED) is 0.205. The molecule has 41 heavy (non-hydrogen) atoms. The maximum absolute atomic E-state index is 13.3. The molecule has 0 atom stereocenters. The van der Waals surface area contributed by atoms with Crippen molar-refractivity contribution in [3.8, 4) is 18.4 Å². The molecule has 4 rings (SSSR count). The standard InChI is InChI=1S/C27H27B3N8O3/c1-2-3-4-7-32-21-12-23(33-14-20(21)13-31)35-26(41)38-8-5-6-18-11-19(22(17-39)34-25(18)38)15-36-9-10-37(16-24(36)40)27(28,29)30/h1,11-12,14,17H,3-10,15-16H2,(H2,32,33,35,41). The molecule has 4 heterocycles. The van der Waals surface area contributed by atoms with Gasteiger partial charge in [-0.15, -0.1) is 12.3 Å². The number of hydrogen-bond acceptors (Lipinski definition) is 8. The second-order valence-corrected chi connectivity index (χ2v) is 9.90. The summed E-state index contributed by atoms with van der Waals surface area (Å²) in [6.45, 7) is 1.78. The average molecular weight is 544 g/mol. The third kappa shape index (κ3) is 7.08. The molecule has 0 saturated carbocycles. The number of amides is 3. The third-order valence-corrected chi connectivity index (χ3v) is 6.93. The van der Waals surface area contributed by atoms with Crippen molar-refractivity contribution in [2.75, 3.05) is 48.3 Å². The highest BCUT2D eigenvalue weighted by molar-refractivity contribution is 6.59. The molecule has 11 nitrogen and oxygen atoms in total. The zero-order valence-corrected chi connectivity index (χ0v) is 22.6. The number of carbonyl (C=O) groups is 3. The number of nitriles is 1. The van der Waals surface area contributed by atoms with Crippen molar-refractivity contribution < 1.29 is 14.4 Å². The van der Waals surface area contributed by atoms with E-state index in [-0.39, 0.29) is 30.5 Å². The fourth-order valence-electron chi connectivity index (χ4n) is 4.75. The minimum atomic E-state index is -1.60. The summed E-state index contributed by atoms with van der Waals surface area (Å²) in [4.78, 5) is 51.3. The van der Waals surface area contributed by atoms with Crippen molar-refractivity contribution in [2.45, 2.75) is 37.5 Å². The summed E-state index contributed by atoms with van der Waals surface area (Å²) in [5.74, 6) is 2.96. The number of terminal acetylenes is 1. The Hall–Kier alpha value is -4.29. The Bertz CT molecular complexity index is 1420. The number of pyridine rings is 2. The Balaban J connectivity index is 1.50. The van der Waals surface area contributed by atoms with E-state index in [2.05, 4.69) is 32.6 Å². The van der Waals surface area contributed by atoms with Crippen molar-refractivity contribution in [1.82, 2.24) is 19.8 Å². The molecular weight excluding hydrogens is 517 g/mol. The molecule has 6 radical (unpaired) electrons. The summed E-state index contributed by atoms with van der Waals surface area (Å²) in [6.07, 6.45) is 9.94. The fraction of sp³-hybridized carbons (Fsp3) is 0.407. The van der Waals surface area contributed by atoms with E-state index in [0.29, 0.717) is 74.4 Å². The van der Waals surface area contributed by atoms with E-state index < -0.39 is 11.3 Å². The summed E-state index contributed by atoms with van der Waals surface area (Å²) in [6, 6.07) is 5.01. The van der Waals surface area contributed by atoms with Crippen LogP contribution in [-0.2, 0) is 17.8 Å². The lowest BCUT2D eigenvalue weighted by Crippen LogP contribution is -2.60. The minimum absolute atomic E-state index is 0.0439. The van der Waals surface area contributed by atoms with E-state index in [1.807, 2.05) is 6.07 Å². The van der Waals surface area contributed by atoms with Crippen molar-refractivity contribution in [1.29, 1.82) is 5.26 Å². The van der Waals surface area contributed by atoms with Gasteiger partial charge in [0.1, 0.15) is 23.4 Å². The third-order valence-electron chi connectivity index (χ3n) is 6.93. The number of nitrogens with one attached hydrogen (secondary N) is 2. The monoisotopic (exact) mass is 544 g/mol. The molecule has 3 amide bonds. The van der Waals surface area contributed by atoms with Gasteiger partial charge in [-0.25, -0.2) is 14.8 Å². The molecule has 0 unspecified atom stereocenters. The molecule has 1 fully saturated rings. The maximum Gasteiger partial charge on any atom is 0.328 e. The van der Waals surface area contributed by atoms with Crippen LogP contribution in [0.3, 0.4) is 0 Å². The molecule has 2 aromatic rings. The number of aldehydes is 1. The Morgan fingerprint density at radius 2 is 2.05 bits per heavy atom. The number of urea groups is 1. The Morgan fingerprint density at radius 1 is 1.24 bits per heavy atom. The summed E-state index contributed by atoms with van der Waals surface area (Å²) in [7, 11) is 17.2. The molecule has 14 heteroatoms. The Kier molecular flexibility index (Phi) is 9.36. The molecule has 0 aromatic carbocycles. The maximum atomic E-state index is 13.3. The summed E-state index contributed by atoms with van der Waals surface area (Å²) in [5, 5.41) is 13.7. The van der Waals surface area contributed by atoms with Gasteiger partial charge in [0, 0.05) is 57.0 Å². The highest BCUT2D eigenvalue weighted by atomic mass is 16.2. The molecule has 0 spiro atoms. The van der Waals surface area contributed by atoms with Crippen LogP contribution < -0.4 is 15.5 Å². The van der Waals surface area contributed by atoms with E-state index in [0.717, 1.165) is 12.0 Å². The average Bonchev–Trinajstić information content (AvgIpc) is 2.95. The van der Waals surface area contributed by atoms with Gasteiger partial charge >= 0.3 is 6.03 Å². The number of unbranched alkanes of at least 4 members (excludes halogenated alkanes) is 1. The highest BCUT2D eigenvalue weighted by Crippen LogP contribution is 2.29. The molecule has 2 aliphatic heterocycles. The van der Waals surface area contributed by atoms with Crippen molar-refractivity contribution >= 4 is 59.1 Å². The van der Waals surface area contributed by atoms with Crippen LogP contribution in [0.5, 0.6) is 0 Å². The number of nitrogens with zero attached hydrogens (tertiary/aromatic N) is 6. The molecule has 0 aliphatic carbocycles. The van der Waals surface area contributed by atoms with Gasteiger partial charge in [-0.05, 0) is 30.9 Å². The SMILES string of the molecule is [B]C([B])([B])N1CCN(Cc2cc3c(nc2C=O)N(C(=O)Nc2cc(NCCCC#C)c(C#N)cn2)CCC3)C(=O)C1. The number of carbonyl (C=O) groups excluding carboxylic acids is 3. The number of aromatic nitrogens is 2. The van der Waals surface area contributed by atoms with E-state index in [1.54, 1.807) is 11.0 Å². The van der Waals surface area contributed by atoms with Crippen molar-refractivity contribution in [3.63, 3.8) is 0 Å². The summed E-state index contributed by atoms with van der Waals surface area (Å²) >= 11 is 0. The Labute approximate surface area is 243 Å². The van der Waals surface area contributed by atoms with E-state index in [1.165, 1.54) is 16.0 Å². The topological polar surface area (TPSA) is 135 Å². The van der Waals surface area contributed by atoms with Gasteiger partial charge in [-0.1, -0.05) is 5.24 Å². The number of anilines is 3. The van der Waals surface area contributed by atoms with Crippen LogP contribution in [0.1, 0.15) is 46.4 Å². The number of piperazine rings is 1. The van der Waals surface area contributed by atoms with Crippen molar-refractivity contribution in [2.24, 2.45) is 0 Å². The second kappa shape index (κ2) is 12.9. The van der Waals surface area contributed by atoms with Crippen LogP contribution in [-0.4, -0.2) is 99.5 Å².